The van der Waals surface area contributed by atoms with E-state index in [0.29, 0.717) is 10.8 Å². The number of hydrogen-bond acceptors (Lipinski definition) is 10. The lowest BCUT2D eigenvalue weighted by molar-refractivity contribution is -0.144. The smallest absolute Gasteiger partial charge is 0.344 e. The van der Waals surface area contributed by atoms with E-state index in [2.05, 4.69) is 25.0 Å². The highest BCUT2D eigenvalue weighted by Crippen LogP contribution is 2.18. The van der Waals surface area contributed by atoms with Gasteiger partial charge in [0.1, 0.15) is 0 Å². The molecular formula is C14H14N4O6S. The molecule has 0 fully saturated rings. The van der Waals surface area contributed by atoms with Gasteiger partial charge in [0.25, 0.3) is 0 Å². The zero-order chi connectivity index (χ0) is 18.2. The molecule has 10 nitrogen and oxygen atoms in total. The van der Waals surface area contributed by atoms with Gasteiger partial charge in [0, 0.05) is 0 Å². The first-order valence-corrected chi connectivity index (χ1v) is 7.86. The number of tetrazole rings is 1. The van der Waals surface area contributed by atoms with Crippen LogP contribution in [0.2, 0.25) is 0 Å². The highest BCUT2D eigenvalue weighted by atomic mass is 32.2. The van der Waals surface area contributed by atoms with Gasteiger partial charge in [0.05, 0.1) is 31.2 Å². The van der Waals surface area contributed by atoms with Crippen LogP contribution in [0.5, 0.6) is 0 Å². The van der Waals surface area contributed by atoms with E-state index in [9.17, 15) is 14.4 Å². The fraction of sp³-hybridized carbons (Fsp3) is 0.286. The Morgan fingerprint density at radius 3 is 2.40 bits per heavy atom. The minimum atomic E-state index is -0.658. The van der Waals surface area contributed by atoms with Gasteiger partial charge < -0.3 is 14.2 Å². The molecule has 132 valence electrons. The molecule has 1 heterocycles. The molecule has 0 radical (unpaired) electrons. The third-order valence-corrected chi connectivity index (χ3v) is 3.78. The number of ether oxygens (including phenoxy) is 3. The van der Waals surface area contributed by atoms with Crippen LogP contribution in [0.3, 0.4) is 0 Å². The van der Waals surface area contributed by atoms with Gasteiger partial charge in [-0.1, -0.05) is 11.8 Å². The SMILES string of the molecule is COC(=O)COC(=O)c1ccc(-n2nnnc2SCC(=O)OC)cc1. The van der Waals surface area contributed by atoms with Crippen LogP contribution in [-0.2, 0) is 23.8 Å². The summed E-state index contributed by atoms with van der Waals surface area (Å²) in [6, 6.07) is 6.22. The van der Waals surface area contributed by atoms with Crippen LogP contribution in [0.1, 0.15) is 10.4 Å². The van der Waals surface area contributed by atoms with E-state index in [1.807, 2.05) is 0 Å². The number of nitrogens with zero attached hydrogens (tertiary/aromatic N) is 4. The van der Waals surface area contributed by atoms with Gasteiger partial charge in [-0.2, -0.15) is 4.68 Å². The minimum Gasteiger partial charge on any atom is -0.468 e. The average Bonchev–Trinajstić information content (AvgIpc) is 3.12. The topological polar surface area (TPSA) is 123 Å². The lowest BCUT2D eigenvalue weighted by atomic mass is 10.2. The van der Waals surface area contributed by atoms with Crippen molar-refractivity contribution in [3.05, 3.63) is 29.8 Å². The van der Waals surface area contributed by atoms with Gasteiger partial charge >= 0.3 is 17.9 Å². The first-order valence-electron chi connectivity index (χ1n) is 6.87. The fourth-order valence-electron chi connectivity index (χ4n) is 1.62. The van der Waals surface area contributed by atoms with Gasteiger partial charge in [0.15, 0.2) is 6.61 Å². The molecule has 0 aliphatic carbocycles. The summed E-state index contributed by atoms with van der Waals surface area (Å²) in [6.07, 6.45) is 0. The lowest BCUT2D eigenvalue weighted by Crippen LogP contribution is -2.15. The zero-order valence-corrected chi connectivity index (χ0v) is 14.2. The van der Waals surface area contributed by atoms with Crippen LogP contribution >= 0.6 is 11.8 Å². The number of rotatable bonds is 7. The molecule has 0 amide bonds. The molecule has 25 heavy (non-hydrogen) atoms. The van der Waals surface area contributed by atoms with Crippen molar-refractivity contribution in [1.82, 2.24) is 20.2 Å². The highest BCUT2D eigenvalue weighted by molar-refractivity contribution is 7.99. The molecule has 2 aromatic rings. The zero-order valence-electron chi connectivity index (χ0n) is 13.4. The Bertz CT molecular complexity index is 761. The molecule has 0 bridgehead atoms. The first kappa shape index (κ1) is 18.4. The highest BCUT2D eigenvalue weighted by Gasteiger charge is 2.14. The van der Waals surface area contributed by atoms with Crippen molar-refractivity contribution < 1.29 is 28.6 Å². The second-order valence-electron chi connectivity index (χ2n) is 4.44. The summed E-state index contributed by atoms with van der Waals surface area (Å²) in [5.74, 6) is -1.64. The van der Waals surface area contributed by atoms with Crippen LogP contribution < -0.4 is 0 Å². The van der Waals surface area contributed by atoms with Crippen molar-refractivity contribution in [2.24, 2.45) is 0 Å². The number of carbonyl (C=O) groups excluding carboxylic acids is 3. The molecule has 2 rings (SSSR count). The monoisotopic (exact) mass is 366 g/mol. The third-order valence-electron chi connectivity index (χ3n) is 2.88. The number of benzene rings is 1. The fourth-order valence-corrected chi connectivity index (χ4v) is 2.34. The molecule has 0 aliphatic heterocycles. The Labute approximate surface area is 146 Å². The minimum absolute atomic E-state index is 0.0643. The largest absolute Gasteiger partial charge is 0.468 e. The number of thioether (sulfide) groups is 1. The maximum Gasteiger partial charge on any atom is 0.344 e. The van der Waals surface area contributed by atoms with Gasteiger partial charge in [-0.25, -0.2) is 9.59 Å². The molecule has 0 saturated carbocycles. The van der Waals surface area contributed by atoms with Crippen molar-refractivity contribution in [1.29, 1.82) is 0 Å². The Morgan fingerprint density at radius 2 is 1.76 bits per heavy atom. The number of aromatic nitrogens is 4. The predicted octanol–water partition coefficient (Wildman–Crippen LogP) is 0.257. The average molecular weight is 366 g/mol. The Hall–Kier alpha value is -2.95. The van der Waals surface area contributed by atoms with Gasteiger partial charge in [-0.3, -0.25) is 4.79 Å². The molecule has 0 aliphatic rings. The van der Waals surface area contributed by atoms with Crippen LogP contribution in [0.15, 0.2) is 29.4 Å². The number of esters is 3. The van der Waals surface area contributed by atoms with Crippen LogP contribution in [0, 0.1) is 0 Å². The van der Waals surface area contributed by atoms with Crippen molar-refractivity contribution >= 4 is 29.7 Å². The van der Waals surface area contributed by atoms with Gasteiger partial charge in [-0.15, -0.1) is 5.10 Å². The van der Waals surface area contributed by atoms with Crippen LogP contribution in [-0.4, -0.2) is 64.7 Å². The van der Waals surface area contributed by atoms with Crippen LogP contribution in [0.4, 0.5) is 0 Å². The molecular weight excluding hydrogens is 352 g/mol. The second-order valence-corrected chi connectivity index (χ2v) is 5.38. The summed E-state index contributed by atoms with van der Waals surface area (Å²) in [7, 11) is 2.50. The third kappa shape index (κ3) is 5.01. The summed E-state index contributed by atoms with van der Waals surface area (Å²) >= 11 is 1.11. The Morgan fingerprint density at radius 1 is 1.08 bits per heavy atom. The predicted molar refractivity (Wildman–Crippen MR) is 84.2 cm³/mol. The number of carbonyl (C=O) groups is 3. The van der Waals surface area contributed by atoms with Crippen molar-refractivity contribution in [3.8, 4) is 5.69 Å². The van der Waals surface area contributed by atoms with E-state index in [1.165, 1.54) is 31.0 Å². The van der Waals surface area contributed by atoms with Gasteiger partial charge in [0.2, 0.25) is 5.16 Å². The summed E-state index contributed by atoms with van der Waals surface area (Å²) in [5.41, 5.74) is 0.839. The van der Waals surface area contributed by atoms with E-state index in [-0.39, 0.29) is 11.3 Å². The maximum atomic E-state index is 11.8. The van der Waals surface area contributed by atoms with E-state index >= 15 is 0 Å². The van der Waals surface area contributed by atoms with Crippen molar-refractivity contribution in [3.63, 3.8) is 0 Å². The molecule has 0 spiro atoms. The van der Waals surface area contributed by atoms with E-state index in [0.717, 1.165) is 11.8 Å². The quantitative estimate of drug-likeness (QED) is 0.383. The number of hydrogen-bond donors (Lipinski definition) is 0. The first-order chi connectivity index (χ1) is 12.0. The van der Waals surface area contributed by atoms with E-state index in [1.54, 1.807) is 12.1 Å². The molecule has 1 aromatic carbocycles. The van der Waals surface area contributed by atoms with Crippen molar-refractivity contribution in [2.45, 2.75) is 5.16 Å². The molecule has 0 N–H and O–H groups in total. The van der Waals surface area contributed by atoms with Crippen molar-refractivity contribution in [2.75, 3.05) is 26.6 Å². The maximum absolute atomic E-state index is 11.8. The lowest BCUT2D eigenvalue weighted by Gasteiger charge is -2.06. The standard InChI is InChI=1S/C14H14N4O6S/c1-22-11(19)7-24-13(21)9-3-5-10(6-4-9)18-14(15-16-17-18)25-8-12(20)23-2/h3-6H,7-8H2,1-2H3. The molecule has 0 saturated heterocycles. The normalized spacial score (nSPS) is 10.2. The molecule has 1 aromatic heterocycles. The molecule has 11 heteroatoms. The second kappa shape index (κ2) is 8.78. The summed E-state index contributed by atoms with van der Waals surface area (Å²) in [4.78, 5) is 34.0. The van der Waals surface area contributed by atoms with Gasteiger partial charge in [-0.05, 0) is 34.7 Å². The molecule has 0 atom stereocenters. The summed E-state index contributed by atoms with van der Waals surface area (Å²) in [6.45, 7) is -0.460. The summed E-state index contributed by atoms with van der Waals surface area (Å²) in [5, 5.41) is 11.6. The van der Waals surface area contributed by atoms with Crippen LogP contribution in [0.25, 0.3) is 5.69 Å². The van der Waals surface area contributed by atoms with E-state index < -0.39 is 24.5 Å². The molecule has 0 unspecified atom stereocenters. The van der Waals surface area contributed by atoms with E-state index in [4.69, 9.17) is 4.74 Å². The number of methoxy groups -OCH3 is 2. The Kier molecular flexibility index (Phi) is 6.46. The Balaban J connectivity index is 2.05. The summed E-state index contributed by atoms with van der Waals surface area (Å²) < 4.78 is 15.2.